The molecule has 0 spiro atoms. The molecule has 0 unspecified atom stereocenters. The molecule has 0 radical (unpaired) electrons. The highest BCUT2D eigenvalue weighted by molar-refractivity contribution is 5.85. The Morgan fingerprint density at radius 1 is 1.27 bits per heavy atom. The summed E-state index contributed by atoms with van der Waals surface area (Å²) in [4.78, 5) is 19.9. The smallest absolute Gasteiger partial charge is 0.330 e. The van der Waals surface area contributed by atoms with E-state index in [4.69, 9.17) is 0 Å². The highest BCUT2D eigenvalue weighted by atomic mass is 35.5. The van der Waals surface area contributed by atoms with Crippen molar-refractivity contribution < 1.29 is 19.1 Å². The zero-order chi connectivity index (χ0) is 11.4. The summed E-state index contributed by atoms with van der Waals surface area (Å²) in [5.41, 5.74) is 0. The first-order valence-corrected chi connectivity index (χ1v) is 3.76. The molecule has 0 bridgehead atoms. The molecule has 0 aromatic carbocycles. The van der Waals surface area contributed by atoms with Gasteiger partial charge in [0.05, 0.1) is 6.26 Å². The molecule has 0 atom stereocenters. The number of rotatable bonds is 4. The third-order valence-electron chi connectivity index (χ3n) is 0.759. The van der Waals surface area contributed by atoms with Gasteiger partial charge in [0.25, 0.3) is 0 Å². The Bertz CT molecular complexity index is 223. The van der Waals surface area contributed by atoms with E-state index in [-0.39, 0.29) is 25.0 Å². The van der Waals surface area contributed by atoms with E-state index in [1.165, 1.54) is 13.0 Å². The minimum absolute atomic E-state index is 0. The lowest BCUT2D eigenvalue weighted by atomic mass is 10.6. The summed E-state index contributed by atoms with van der Waals surface area (Å²) in [6.07, 6.45) is 3.72. The number of ether oxygens (including phenoxy) is 2. The SMILES string of the molecule is C=CCOC(=O)C=C.C=COC(C)=O.Cl. The molecule has 0 aliphatic heterocycles. The maximum absolute atomic E-state index is 10.2. The van der Waals surface area contributed by atoms with E-state index in [0.29, 0.717) is 0 Å². The summed E-state index contributed by atoms with van der Waals surface area (Å²) in [6, 6.07) is 0. The molecule has 0 N–H and O–H groups in total. The van der Waals surface area contributed by atoms with E-state index in [2.05, 4.69) is 29.2 Å². The van der Waals surface area contributed by atoms with Gasteiger partial charge in [-0.2, -0.15) is 0 Å². The zero-order valence-corrected chi connectivity index (χ0v) is 9.42. The number of hydrogen-bond donors (Lipinski definition) is 0. The maximum Gasteiger partial charge on any atom is 0.330 e. The van der Waals surface area contributed by atoms with Gasteiger partial charge in [-0.15, -0.1) is 12.4 Å². The molecule has 0 aromatic rings. The molecule has 0 heterocycles. The Morgan fingerprint density at radius 2 is 1.80 bits per heavy atom. The third-order valence-corrected chi connectivity index (χ3v) is 0.759. The highest BCUT2D eigenvalue weighted by Gasteiger charge is 1.87. The Balaban J connectivity index is -0.000000187. The summed E-state index contributed by atoms with van der Waals surface area (Å²) < 4.78 is 8.63. The first-order chi connectivity index (χ1) is 6.58. The summed E-state index contributed by atoms with van der Waals surface area (Å²) in [5, 5.41) is 0. The molecule has 4 nitrogen and oxygen atoms in total. The van der Waals surface area contributed by atoms with Crippen LogP contribution in [0.4, 0.5) is 0 Å². The number of esters is 2. The van der Waals surface area contributed by atoms with Crippen LogP contribution in [0.2, 0.25) is 0 Å². The second-order valence-corrected chi connectivity index (χ2v) is 1.90. The largest absolute Gasteiger partial charge is 0.458 e. The van der Waals surface area contributed by atoms with Crippen LogP contribution in [0.5, 0.6) is 0 Å². The van der Waals surface area contributed by atoms with Gasteiger partial charge >= 0.3 is 11.9 Å². The molecule has 0 aliphatic carbocycles. The standard InChI is InChI=1S/C6H8O2.C4H6O2.ClH/c1-3-5-8-6(7)4-2;1-3-6-4(2)5;/h3-4H,1-2,5H2;3H,1H2,2H3;1H. The molecule has 0 saturated heterocycles. The monoisotopic (exact) mass is 234 g/mol. The van der Waals surface area contributed by atoms with Gasteiger partial charge in [0.2, 0.25) is 0 Å². The van der Waals surface area contributed by atoms with Gasteiger partial charge in [-0.1, -0.05) is 25.8 Å². The van der Waals surface area contributed by atoms with Crippen LogP contribution in [0.1, 0.15) is 6.92 Å². The van der Waals surface area contributed by atoms with Gasteiger partial charge in [0.15, 0.2) is 0 Å². The average Bonchev–Trinajstić information content (AvgIpc) is 2.15. The van der Waals surface area contributed by atoms with Crippen molar-refractivity contribution in [2.45, 2.75) is 6.92 Å². The molecule has 0 aliphatic rings. The minimum Gasteiger partial charge on any atom is -0.458 e. The maximum atomic E-state index is 10.2. The van der Waals surface area contributed by atoms with Gasteiger partial charge in [-0.05, 0) is 0 Å². The van der Waals surface area contributed by atoms with Crippen molar-refractivity contribution in [3.8, 4) is 0 Å². The first kappa shape index (κ1) is 19.1. The average molecular weight is 235 g/mol. The molecule has 0 amide bonds. The fraction of sp³-hybridized carbons (Fsp3) is 0.200. The fourth-order valence-electron chi connectivity index (χ4n) is 0.317. The molecule has 0 fully saturated rings. The van der Waals surface area contributed by atoms with E-state index in [1.54, 1.807) is 0 Å². The predicted molar refractivity (Wildman–Crippen MR) is 60.6 cm³/mol. The molecular formula is C10H15ClO4. The molecule has 0 aromatic heterocycles. The summed E-state index contributed by atoms with van der Waals surface area (Å²) in [6.45, 7) is 11.3. The molecule has 5 heteroatoms. The van der Waals surface area contributed by atoms with E-state index < -0.39 is 5.97 Å². The Morgan fingerprint density at radius 3 is 2.00 bits per heavy atom. The summed E-state index contributed by atoms with van der Waals surface area (Å²) in [7, 11) is 0. The van der Waals surface area contributed by atoms with Crippen molar-refractivity contribution >= 4 is 24.3 Å². The molecule has 86 valence electrons. The lowest BCUT2D eigenvalue weighted by molar-refractivity contribution is -0.137. The van der Waals surface area contributed by atoms with Crippen LogP contribution in [0.3, 0.4) is 0 Å². The predicted octanol–water partition coefficient (Wildman–Crippen LogP) is 2.02. The van der Waals surface area contributed by atoms with Crippen LogP contribution in [0.15, 0.2) is 38.2 Å². The lowest BCUT2D eigenvalue weighted by Crippen LogP contribution is -1.98. The third kappa shape index (κ3) is 24.5. The Hall–Kier alpha value is -1.55. The minimum atomic E-state index is -0.412. The van der Waals surface area contributed by atoms with E-state index in [0.717, 1.165) is 12.3 Å². The van der Waals surface area contributed by atoms with E-state index in [9.17, 15) is 9.59 Å². The van der Waals surface area contributed by atoms with Crippen molar-refractivity contribution in [1.82, 2.24) is 0 Å². The van der Waals surface area contributed by atoms with Crippen LogP contribution in [0.25, 0.3) is 0 Å². The normalized spacial score (nSPS) is 6.73. The molecule has 0 rings (SSSR count). The van der Waals surface area contributed by atoms with Gasteiger partial charge < -0.3 is 9.47 Å². The van der Waals surface area contributed by atoms with Crippen LogP contribution >= 0.6 is 12.4 Å². The number of carbonyl (C=O) groups excluding carboxylic acids is 2. The zero-order valence-electron chi connectivity index (χ0n) is 8.60. The first-order valence-electron chi connectivity index (χ1n) is 3.76. The van der Waals surface area contributed by atoms with E-state index >= 15 is 0 Å². The van der Waals surface area contributed by atoms with E-state index in [1.807, 2.05) is 0 Å². The van der Waals surface area contributed by atoms with Crippen LogP contribution in [-0.2, 0) is 19.1 Å². The Kier molecular flexibility index (Phi) is 19.0. The summed E-state index contributed by atoms with van der Waals surface area (Å²) in [5.74, 6) is -0.741. The van der Waals surface area contributed by atoms with Gasteiger partial charge in [-0.3, -0.25) is 4.79 Å². The van der Waals surface area contributed by atoms with Gasteiger partial charge in [0, 0.05) is 13.0 Å². The summed E-state index contributed by atoms with van der Waals surface area (Å²) >= 11 is 0. The van der Waals surface area contributed by atoms with Crippen LogP contribution < -0.4 is 0 Å². The van der Waals surface area contributed by atoms with Crippen molar-refractivity contribution in [3.63, 3.8) is 0 Å². The van der Waals surface area contributed by atoms with Crippen molar-refractivity contribution in [3.05, 3.63) is 38.2 Å². The van der Waals surface area contributed by atoms with Crippen molar-refractivity contribution in [1.29, 1.82) is 0 Å². The van der Waals surface area contributed by atoms with Crippen LogP contribution in [0, 0.1) is 0 Å². The van der Waals surface area contributed by atoms with Gasteiger partial charge in [0.1, 0.15) is 6.61 Å². The second kappa shape index (κ2) is 14.9. The van der Waals surface area contributed by atoms with Gasteiger partial charge in [-0.25, -0.2) is 4.79 Å². The quantitative estimate of drug-likeness (QED) is 0.323. The topological polar surface area (TPSA) is 52.6 Å². The molecule has 0 saturated carbocycles. The van der Waals surface area contributed by atoms with Crippen molar-refractivity contribution in [2.24, 2.45) is 0 Å². The number of hydrogen-bond acceptors (Lipinski definition) is 4. The van der Waals surface area contributed by atoms with Crippen LogP contribution in [-0.4, -0.2) is 18.5 Å². The number of carbonyl (C=O) groups is 2. The van der Waals surface area contributed by atoms with Crippen molar-refractivity contribution in [2.75, 3.05) is 6.61 Å². The lowest BCUT2D eigenvalue weighted by Gasteiger charge is -1.92. The Labute approximate surface area is 95.7 Å². The molecular weight excluding hydrogens is 220 g/mol. The number of halogens is 1. The second-order valence-electron chi connectivity index (χ2n) is 1.90. The highest BCUT2D eigenvalue weighted by Crippen LogP contribution is 1.77. The molecule has 15 heavy (non-hydrogen) atoms. The fourth-order valence-corrected chi connectivity index (χ4v) is 0.317.